The molecule has 0 aromatic carbocycles. The maximum absolute atomic E-state index is 11.8. The van der Waals surface area contributed by atoms with Crippen molar-refractivity contribution in [1.82, 2.24) is 10.6 Å². The lowest BCUT2D eigenvalue weighted by atomic mass is 9.86. The SMILES string of the molecule is O=C(NCC1CCOCC1)NC1CCC(C(=O)O)CC1. The van der Waals surface area contributed by atoms with E-state index in [4.69, 9.17) is 9.84 Å². The van der Waals surface area contributed by atoms with Crippen molar-refractivity contribution in [2.75, 3.05) is 19.8 Å². The third-order valence-electron chi connectivity index (χ3n) is 4.30. The van der Waals surface area contributed by atoms with Gasteiger partial charge in [-0.25, -0.2) is 4.79 Å². The van der Waals surface area contributed by atoms with Gasteiger partial charge in [0.1, 0.15) is 0 Å². The van der Waals surface area contributed by atoms with E-state index in [1.54, 1.807) is 0 Å². The lowest BCUT2D eigenvalue weighted by molar-refractivity contribution is -0.142. The molecule has 0 atom stereocenters. The summed E-state index contributed by atoms with van der Waals surface area (Å²) in [4.78, 5) is 22.7. The lowest BCUT2D eigenvalue weighted by Gasteiger charge is -2.27. The second-order valence-electron chi connectivity index (χ2n) is 5.80. The van der Waals surface area contributed by atoms with Gasteiger partial charge in [-0.1, -0.05) is 0 Å². The van der Waals surface area contributed by atoms with E-state index in [2.05, 4.69) is 10.6 Å². The summed E-state index contributed by atoms with van der Waals surface area (Å²) in [7, 11) is 0. The van der Waals surface area contributed by atoms with Gasteiger partial charge < -0.3 is 20.5 Å². The first kappa shape index (κ1) is 15.1. The normalized spacial score (nSPS) is 27.8. The smallest absolute Gasteiger partial charge is 0.315 e. The summed E-state index contributed by atoms with van der Waals surface area (Å²) in [6, 6.07) is -0.0180. The van der Waals surface area contributed by atoms with Crippen LogP contribution in [0.3, 0.4) is 0 Å². The molecular formula is C14H24N2O4. The summed E-state index contributed by atoms with van der Waals surface area (Å²) < 4.78 is 5.28. The van der Waals surface area contributed by atoms with Crippen molar-refractivity contribution in [2.45, 2.75) is 44.6 Å². The van der Waals surface area contributed by atoms with Crippen molar-refractivity contribution in [1.29, 1.82) is 0 Å². The van der Waals surface area contributed by atoms with Crippen LogP contribution in [0.5, 0.6) is 0 Å². The summed E-state index contributed by atoms with van der Waals surface area (Å²) in [6.07, 6.45) is 4.82. The molecule has 1 aliphatic heterocycles. The van der Waals surface area contributed by atoms with E-state index in [0.717, 1.165) is 38.9 Å². The average molecular weight is 284 g/mol. The quantitative estimate of drug-likeness (QED) is 0.727. The molecule has 0 radical (unpaired) electrons. The topological polar surface area (TPSA) is 87.7 Å². The Bertz CT molecular complexity index is 334. The van der Waals surface area contributed by atoms with Crippen LogP contribution in [0.2, 0.25) is 0 Å². The minimum Gasteiger partial charge on any atom is -0.481 e. The summed E-state index contributed by atoms with van der Waals surface area (Å²) in [5.41, 5.74) is 0. The van der Waals surface area contributed by atoms with Crippen LogP contribution in [0.1, 0.15) is 38.5 Å². The minimum absolute atomic E-state index is 0.111. The van der Waals surface area contributed by atoms with Gasteiger partial charge >= 0.3 is 12.0 Å². The van der Waals surface area contributed by atoms with Crippen molar-refractivity contribution in [3.05, 3.63) is 0 Å². The molecule has 3 N–H and O–H groups in total. The summed E-state index contributed by atoms with van der Waals surface area (Å²) in [5.74, 6) is -0.442. The fraction of sp³-hybridized carbons (Fsp3) is 0.857. The molecule has 2 aliphatic rings. The predicted octanol–water partition coefficient (Wildman–Crippen LogP) is 1.36. The van der Waals surface area contributed by atoms with E-state index in [9.17, 15) is 9.59 Å². The van der Waals surface area contributed by atoms with Gasteiger partial charge in [0.05, 0.1) is 5.92 Å². The van der Waals surface area contributed by atoms with Crippen LogP contribution in [0.15, 0.2) is 0 Å². The first-order chi connectivity index (χ1) is 9.65. The molecule has 0 spiro atoms. The van der Waals surface area contributed by atoms with Gasteiger partial charge in [-0.3, -0.25) is 4.79 Å². The van der Waals surface area contributed by atoms with Gasteiger partial charge in [0, 0.05) is 25.8 Å². The van der Waals surface area contributed by atoms with Crippen LogP contribution < -0.4 is 10.6 Å². The molecule has 2 rings (SSSR count). The van der Waals surface area contributed by atoms with Crippen LogP contribution in [-0.2, 0) is 9.53 Å². The first-order valence-electron chi connectivity index (χ1n) is 7.50. The largest absolute Gasteiger partial charge is 0.481 e. The Morgan fingerprint density at radius 1 is 1.05 bits per heavy atom. The maximum Gasteiger partial charge on any atom is 0.315 e. The Morgan fingerprint density at radius 2 is 1.70 bits per heavy atom. The van der Waals surface area contributed by atoms with Crippen molar-refractivity contribution >= 4 is 12.0 Å². The number of ether oxygens (including phenoxy) is 1. The number of carboxylic acids is 1. The van der Waals surface area contributed by atoms with Crippen LogP contribution in [0, 0.1) is 11.8 Å². The van der Waals surface area contributed by atoms with Gasteiger partial charge in [-0.2, -0.15) is 0 Å². The van der Waals surface area contributed by atoms with Crippen molar-refractivity contribution in [3.63, 3.8) is 0 Å². The maximum atomic E-state index is 11.8. The van der Waals surface area contributed by atoms with Gasteiger partial charge in [0.2, 0.25) is 0 Å². The third kappa shape index (κ3) is 4.67. The molecule has 20 heavy (non-hydrogen) atoms. The zero-order valence-corrected chi connectivity index (χ0v) is 11.8. The van der Waals surface area contributed by atoms with Crippen molar-refractivity contribution < 1.29 is 19.4 Å². The van der Waals surface area contributed by atoms with Crippen LogP contribution in [0.4, 0.5) is 4.79 Å². The predicted molar refractivity (Wildman–Crippen MR) is 73.5 cm³/mol. The van der Waals surface area contributed by atoms with E-state index in [-0.39, 0.29) is 18.0 Å². The molecule has 6 nitrogen and oxygen atoms in total. The number of hydrogen-bond acceptors (Lipinski definition) is 3. The number of rotatable bonds is 4. The van der Waals surface area contributed by atoms with Crippen LogP contribution in [0.25, 0.3) is 0 Å². The fourth-order valence-corrected chi connectivity index (χ4v) is 2.91. The van der Waals surface area contributed by atoms with E-state index < -0.39 is 5.97 Å². The van der Waals surface area contributed by atoms with Crippen LogP contribution >= 0.6 is 0 Å². The van der Waals surface area contributed by atoms with Gasteiger partial charge in [-0.05, 0) is 44.4 Å². The Balaban J connectivity index is 1.61. The van der Waals surface area contributed by atoms with Gasteiger partial charge in [0.15, 0.2) is 0 Å². The third-order valence-corrected chi connectivity index (χ3v) is 4.30. The Labute approximate surface area is 119 Å². The second kappa shape index (κ2) is 7.47. The molecule has 114 valence electrons. The summed E-state index contributed by atoms with van der Waals surface area (Å²) in [5, 5.41) is 14.8. The number of carbonyl (C=O) groups is 2. The Morgan fingerprint density at radius 3 is 2.30 bits per heavy atom. The molecule has 1 saturated carbocycles. The van der Waals surface area contributed by atoms with Crippen molar-refractivity contribution in [3.8, 4) is 0 Å². The van der Waals surface area contributed by atoms with Crippen molar-refractivity contribution in [2.24, 2.45) is 11.8 Å². The Hall–Kier alpha value is -1.30. The molecular weight excluding hydrogens is 260 g/mol. The molecule has 0 unspecified atom stereocenters. The summed E-state index contributed by atoms with van der Waals surface area (Å²) >= 11 is 0. The zero-order chi connectivity index (χ0) is 14.4. The number of hydrogen-bond donors (Lipinski definition) is 3. The fourth-order valence-electron chi connectivity index (χ4n) is 2.91. The number of carbonyl (C=O) groups excluding carboxylic acids is 1. The van der Waals surface area contributed by atoms with Gasteiger partial charge in [0.25, 0.3) is 0 Å². The number of carboxylic acid groups (broad SMARTS) is 1. The molecule has 1 aliphatic carbocycles. The number of nitrogens with one attached hydrogen (secondary N) is 2. The molecule has 1 saturated heterocycles. The highest BCUT2D eigenvalue weighted by atomic mass is 16.5. The highest BCUT2D eigenvalue weighted by Crippen LogP contribution is 2.24. The lowest BCUT2D eigenvalue weighted by Crippen LogP contribution is -2.45. The van der Waals surface area contributed by atoms with E-state index >= 15 is 0 Å². The van der Waals surface area contributed by atoms with Crippen LogP contribution in [-0.4, -0.2) is 42.9 Å². The molecule has 1 heterocycles. The standard InChI is InChI=1S/C14H24N2O4/c17-13(18)11-1-3-12(4-2-11)16-14(19)15-9-10-5-7-20-8-6-10/h10-12H,1-9H2,(H,17,18)(H2,15,16,19). The first-order valence-corrected chi connectivity index (χ1v) is 7.50. The zero-order valence-electron chi connectivity index (χ0n) is 11.8. The van der Waals surface area contributed by atoms with E-state index in [1.165, 1.54) is 0 Å². The van der Waals surface area contributed by atoms with E-state index in [0.29, 0.717) is 25.3 Å². The molecule has 0 bridgehead atoms. The summed E-state index contributed by atoms with van der Waals surface area (Å²) in [6.45, 7) is 2.26. The molecule has 0 aromatic rings. The monoisotopic (exact) mass is 284 g/mol. The minimum atomic E-state index is -0.715. The van der Waals surface area contributed by atoms with E-state index in [1.807, 2.05) is 0 Å². The van der Waals surface area contributed by atoms with Gasteiger partial charge in [-0.15, -0.1) is 0 Å². The number of urea groups is 1. The molecule has 2 amide bonds. The molecule has 0 aromatic heterocycles. The number of amides is 2. The number of aliphatic carboxylic acids is 1. The highest BCUT2D eigenvalue weighted by Gasteiger charge is 2.26. The molecule has 6 heteroatoms. The molecule has 2 fully saturated rings. The second-order valence-corrected chi connectivity index (χ2v) is 5.80. The Kier molecular flexibility index (Phi) is 5.64. The average Bonchev–Trinajstić information content (AvgIpc) is 2.47. The highest BCUT2D eigenvalue weighted by molar-refractivity contribution is 5.74.